The molecule has 5 rings (SSSR count). The number of hydrogen-bond acceptors (Lipinski definition) is 7. The van der Waals surface area contributed by atoms with Crippen molar-refractivity contribution in [1.82, 2.24) is 30.4 Å². The Bertz CT molecular complexity index is 1470. The Morgan fingerprint density at radius 3 is 2.67 bits per heavy atom. The molecule has 0 radical (unpaired) electrons. The molecule has 1 saturated heterocycles. The maximum Gasteiger partial charge on any atom is 0.247 e. The van der Waals surface area contributed by atoms with E-state index in [1.54, 1.807) is 43.3 Å². The number of halogens is 2. The van der Waals surface area contributed by atoms with Crippen LogP contribution in [-0.2, 0) is 27.4 Å². The van der Waals surface area contributed by atoms with Crippen molar-refractivity contribution in [2.24, 2.45) is 0 Å². The van der Waals surface area contributed by atoms with Gasteiger partial charge < -0.3 is 19.4 Å². The summed E-state index contributed by atoms with van der Waals surface area (Å²) in [6.07, 6.45) is 1.65. The third kappa shape index (κ3) is 6.54. The molecule has 2 aromatic heterocycles. The van der Waals surface area contributed by atoms with E-state index in [2.05, 4.69) is 20.7 Å². The number of ether oxygens (including phenoxy) is 1. The lowest BCUT2D eigenvalue weighted by molar-refractivity contribution is -0.142. The number of aromatic nitrogens is 4. The van der Waals surface area contributed by atoms with Crippen LogP contribution in [0.3, 0.4) is 0 Å². The number of tetrazole rings is 1. The highest BCUT2D eigenvalue weighted by Crippen LogP contribution is 2.27. The maximum atomic E-state index is 13.9. The molecule has 1 aliphatic heterocycles. The van der Waals surface area contributed by atoms with E-state index < -0.39 is 23.7 Å². The van der Waals surface area contributed by atoms with Crippen molar-refractivity contribution >= 4 is 23.4 Å². The molecule has 208 valence electrons. The average molecular weight is 567 g/mol. The number of rotatable bonds is 10. The zero-order valence-electron chi connectivity index (χ0n) is 21.8. The largest absolute Gasteiger partial charge is 0.458 e. The molecule has 1 N–H and O–H groups in total. The van der Waals surface area contributed by atoms with Gasteiger partial charge in [0.1, 0.15) is 24.2 Å². The van der Waals surface area contributed by atoms with Gasteiger partial charge in [0.25, 0.3) is 0 Å². The third-order valence-electron chi connectivity index (χ3n) is 6.58. The van der Waals surface area contributed by atoms with Crippen molar-refractivity contribution in [2.45, 2.75) is 45.0 Å². The smallest absolute Gasteiger partial charge is 0.247 e. The summed E-state index contributed by atoms with van der Waals surface area (Å²) < 4.78 is 25.0. The number of benzene rings is 2. The predicted octanol–water partition coefficient (Wildman–Crippen LogP) is 4.10. The molecule has 0 bridgehead atoms. The second-order valence-electron chi connectivity index (χ2n) is 9.50. The molecule has 2 aromatic carbocycles. The van der Waals surface area contributed by atoms with Gasteiger partial charge in [-0.25, -0.2) is 4.39 Å². The van der Waals surface area contributed by atoms with Crippen molar-refractivity contribution in [3.05, 3.63) is 88.4 Å². The van der Waals surface area contributed by atoms with E-state index in [1.807, 2.05) is 0 Å². The minimum Gasteiger partial charge on any atom is -0.458 e. The number of nitrogens with zero attached hydrogens (tertiary/aromatic N) is 5. The lowest BCUT2D eigenvalue weighted by Gasteiger charge is -2.32. The van der Waals surface area contributed by atoms with Crippen molar-refractivity contribution in [3.8, 4) is 11.6 Å². The molecule has 1 fully saturated rings. The molecule has 40 heavy (non-hydrogen) atoms. The Kier molecular flexibility index (Phi) is 8.51. The highest BCUT2D eigenvalue weighted by molar-refractivity contribution is 6.31. The molecule has 0 spiro atoms. The number of nitrogens with one attached hydrogen (secondary N) is 1. The second kappa shape index (κ2) is 12.4. The first-order valence-corrected chi connectivity index (χ1v) is 13.3. The van der Waals surface area contributed by atoms with Crippen LogP contribution in [0.5, 0.6) is 0 Å². The molecule has 2 amide bonds. The third-order valence-corrected chi connectivity index (χ3v) is 6.95. The molecule has 10 nitrogen and oxygen atoms in total. The van der Waals surface area contributed by atoms with E-state index in [1.165, 1.54) is 29.2 Å². The SMILES string of the molecule is Cc1ccc(-c2nnn(CC(=O)N(Cc3ccccc3Cl)[C@@H](C(=O)NC[C@H]3CCCO3)c3ccc(F)cc3)n2)o1. The molecular formula is C28H28ClFN6O4. The topological polar surface area (TPSA) is 115 Å². The van der Waals surface area contributed by atoms with Gasteiger partial charge in [0.05, 0.1) is 6.10 Å². The molecule has 3 heterocycles. The van der Waals surface area contributed by atoms with Crippen LogP contribution in [0.4, 0.5) is 4.39 Å². The van der Waals surface area contributed by atoms with Crippen LogP contribution in [0, 0.1) is 12.7 Å². The zero-order chi connectivity index (χ0) is 28.1. The summed E-state index contributed by atoms with van der Waals surface area (Å²) in [6, 6.07) is 14.9. The number of furan rings is 1. The molecule has 2 atom stereocenters. The van der Waals surface area contributed by atoms with Crippen LogP contribution >= 0.6 is 11.6 Å². The average Bonchev–Trinajstić information content (AvgIpc) is 3.72. The normalized spacial score (nSPS) is 15.6. The molecule has 12 heteroatoms. The summed E-state index contributed by atoms with van der Waals surface area (Å²) in [5.41, 5.74) is 1.07. The Morgan fingerprint density at radius 1 is 1.18 bits per heavy atom. The summed E-state index contributed by atoms with van der Waals surface area (Å²) in [5.74, 6) is -0.0325. The Labute approximate surface area is 235 Å². The minimum absolute atomic E-state index is 0.00678. The van der Waals surface area contributed by atoms with Gasteiger partial charge >= 0.3 is 0 Å². The second-order valence-corrected chi connectivity index (χ2v) is 9.91. The molecule has 0 aliphatic carbocycles. The van der Waals surface area contributed by atoms with Crippen molar-refractivity contribution in [1.29, 1.82) is 0 Å². The predicted molar refractivity (Wildman–Crippen MR) is 143 cm³/mol. The van der Waals surface area contributed by atoms with Crippen LogP contribution in [0.2, 0.25) is 5.02 Å². The van der Waals surface area contributed by atoms with Crippen LogP contribution in [0.15, 0.2) is 65.1 Å². The zero-order valence-corrected chi connectivity index (χ0v) is 22.6. The van der Waals surface area contributed by atoms with Gasteiger partial charge in [-0.15, -0.1) is 10.2 Å². The molecule has 4 aromatic rings. The van der Waals surface area contributed by atoms with Gasteiger partial charge in [0, 0.05) is 24.7 Å². The van der Waals surface area contributed by atoms with E-state index in [-0.39, 0.29) is 25.0 Å². The first-order valence-electron chi connectivity index (χ1n) is 12.9. The van der Waals surface area contributed by atoms with Crippen LogP contribution < -0.4 is 5.32 Å². The highest BCUT2D eigenvalue weighted by Gasteiger charge is 2.33. The van der Waals surface area contributed by atoms with E-state index in [0.717, 1.165) is 17.6 Å². The highest BCUT2D eigenvalue weighted by atomic mass is 35.5. The van der Waals surface area contributed by atoms with Gasteiger partial charge in [-0.3, -0.25) is 9.59 Å². The summed E-state index contributed by atoms with van der Waals surface area (Å²) in [5, 5.41) is 15.6. The van der Waals surface area contributed by atoms with Crippen LogP contribution in [0.25, 0.3) is 11.6 Å². The minimum atomic E-state index is -1.10. The fourth-order valence-electron chi connectivity index (χ4n) is 4.54. The standard InChI is InChI=1S/C28H28ClFN6O4/c1-18-8-13-24(40-18)27-32-34-36(33-27)17-25(37)35(16-20-5-2-3-7-23(20)29)26(19-9-11-21(30)12-10-19)28(38)31-15-22-6-4-14-39-22/h2-3,5,7-13,22,26H,4,6,14-17H2,1H3,(H,31,38)/t22-,26-/m1/s1. The molecule has 0 saturated carbocycles. The van der Waals surface area contributed by atoms with E-state index in [0.29, 0.717) is 40.8 Å². The summed E-state index contributed by atoms with van der Waals surface area (Å²) in [4.78, 5) is 30.1. The Hall–Kier alpha value is -4.09. The molecular weight excluding hydrogens is 539 g/mol. The van der Waals surface area contributed by atoms with Gasteiger partial charge in [0.2, 0.25) is 17.6 Å². The van der Waals surface area contributed by atoms with Gasteiger partial charge in [-0.1, -0.05) is 41.9 Å². The van der Waals surface area contributed by atoms with Gasteiger partial charge in [0.15, 0.2) is 5.76 Å². The first kappa shape index (κ1) is 27.5. The monoisotopic (exact) mass is 566 g/mol. The van der Waals surface area contributed by atoms with Crippen molar-refractivity contribution in [3.63, 3.8) is 0 Å². The van der Waals surface area contributed by atoms with Crippen molar-refractivity contribution in [2.75, 3.05) is 13.2 Å². The number of aryl methyl sites for hydroxylation is 1. The van der Waals surface area contributed by atoms with E-state index in [9.17, 15) is 14.0 Å². The van der Waals surface area contributed by atoms with Crippen molar-refractivity contribution < 1.29 is 23.1 Å². The summed E-state index contributed by atoms with van der Waals surface area (Å²) in [6.45, 7) is 2.43. The lowest BCUT2D eigenvalue weighted by atomic mass is 10.0. The van der Waals surface area contributed by atoms with Gasteiger partial charge in [-0.2, -0.15) is 4.80 Å². The molecule has 0 unspecified atom stereocenters. The lowest BCUT2D eigenvalue weighted by Crippen LogP contribution is -2.46. The summed E-state index contributed by atoms with van der Waals surface area (Å²) >= 11 is 6.45. The fourth-order valence-corrected chi connectivity index (χ4v) is 4.74. The number of hydrogen-bond donors (Lipinski definition) is 1. The number of carbonyl (C=O) groups is 2. The quantitative estimate of drug-likeness (QED) is 0.307. The Morgan fingerprint density at radius 2 is 1.98 bits per heavy atom. The van der Waals surface area contributed by atoms with Gasteiger partial charge in [-0.05, 0) is 66.4 Å². The first-order chi connectivity index (χ1) is 19.4. The maximum absolute atomic E-state index is 13.9. The van der Waals surface area contributed by atoms with Crippen LogP contribution in [-0.4, -0.2) is 56.2 Å². The fraction of sp³-hybridized carbons (Fsp3) is 0.321. The van der Waals surface area contributed by atoms with Crippen LogP contribution in [0.1, 0.15) is 35.8 Å². The van der Waals surface area contributed by atoms with E-state index in [4.69, 9.17) is 20.8 Å². The number of amides is 2. The van der Waals surface area contributed by atoms with E-state index >= 15 is 0 Å². The number of carbonyl (C=O) groups excluding carboxylic acids is 2. The summed E-state index contributed by atoms with van der Waals surface area (Å²) in [7, 11) is 0. The Balaban J connectivity index is 1.46. The molecule has 1 aliphatic rings.